The number of ether oxygens (including phenoxy) is 1. The number of nitrogens with zero attached hydrogens (tertiary/aromatic N) is 1. The van der Waals surface area contributed by atoms with E-state index in [9.17, 15) is 14.4 Å². The van der Waals surface area contributed by atoms with Crippen LogP contribution in [-0.4, -0.2) is 54.1 Å². The fourth-order valence-corrected chi connectivity index (χ4v) is 5.80. The standard InChI is InChI=1S/C33H43N3O4/c1-5-10-27-20-29(36(31(27)38)16-9-13-23-11-7-6-8-12-23)22-34-30(37)26-15-14-25-17-24(18-28(25)19-26)21-35-32(39)40-33(2,3)4/h5-8,11-12,14-15,19,24,27,29H,1,9-10,13,16-18,20-22H2,2-4H3,(H,34,37)(H,35,39)/t24?,27-,29+/m1/s1. The average molecular weight is 546 g/mol. The summed E-state index contributed by atoms with van der Waals surface area (Å²) in [6.07, 6.45) is 6.27. The number of hydrogen-bond donors (Lipinski definition) is 2. The van der Waals surface area contributed by atoms with Crippen LogP contribution in [0.1, 0.15) is 67.1 Å². The Labute approximate surface area is 238 Å². The minimum atomic E-state index is -0.525. The van der Waals surface area contributed by atoms with Crippen molar-refractivity contribution in [3.8, 4) is 0 Å². The van der Waals surface area contributed by atoms with Gasteiger partial charge in [0, 0.05) is 37.2 Å². The number of carbonyl (C=O) groups excluding carboxylic acids is 3. The Morgan fingerprint density at radius 1 is 1.05 bits per heavy atom. The van der Waals surface area contributed by atoms with Gasteiger partial charge in [-0.05, 0) is 94.0 Å². The molecule has 1 aliphatic heterocycles. The zero-order valence-electron chi connectivity index (χ0n) is 24.1. The van der Waals surface area contributed by atoms with Crippen LogP contribution in [0.25, 0.3) is 0 Å². The van der Waals surface area contributed by atoms with Crippen LogP contribution in [0.4, 0.5) is 4.79 Å². The molecule has 3 amide bonds. The molecule has 214 valence electrons. The Kier molecular flexibility index (Phi) is 9.67. The van der Waals surface area contributed by atoms with Gasteiger partial charge in [0.2, 0.25) is 5.91 Å². The SMILES string of the molecule is C=CC[C@@H]1C[C@@H](CNC(=O)c2ccc3c(c2)CC(CNC(=O)OC(C)(C)C)C3)N(CCCc2ccccc2)C1=O. The molecule has 1 saturated heterocycles. The van der Waals surface area contributed by atoms with E-state index in [1.807, 2.05) is 68.1 Å². The molecule has 0 saturated carbocycles. The van der Waals surface area contributed by atoms with Crippen molar-refractivity contribution < 1.29 is 19.1 Å². The Bertz CT molecular complexity index is 1200. The number of amides is 3. The van der Waals surface area contributed by atoms with Gasteiger partial charge < -0.3 is 20.3 Å². The number of nitrogens with one attached hydrogen (secondary N) is 2. The van der Waals surface area contributed by atoms with Gasteiger partial charge in [0.25, 0.3) is 5.91 Å². The number of allylic oxidation sites excluding steroid dienone is 1. The third-order valence-electron chi connectivity index (χ3n) is 7.71. The molecule has 1 heterocycles. The third-order valence-corrected chi connectivity index (χ3v) is 7.71. The van der Waals surface area contributed by atoms with Gasteiger partial charge in [-0.3, -0.25) is 9.59 Å². The molecular weight excluding hydrogens is 502 g/mol. The lowest BCUT2D eigenvalue weighted by Gasteiger charge is -2.25. The van der Waals surface area contributed by atoms with Crippen molar-refractivity contribution in [3.63, 3.8) is 0 Å². The highest BCUT2D eigenvalue weighted by atomic mass is 16.6. The molecule has 0 aromatic heterocycles. The van der Waals surface area contributed by atoms with E-state index >= 15 is 0 Å². The summed E-state index contributed by atoms with van der Waals surface area (Å²) in [6, 6.07) is 16.1. The molecule has 1 unspecified atom stereocenters. The Balaban J connectivity index is 1.30. The van der Waals surface area contributed by atoms with Gasteiger partial charge in [0.15, 0.2) is 0 Å². The van der Waals surface area contributed by atoms with Crippen molar-refractivity contribution in [1.82, 2.24) is 15.5 Å². The smallest absolute Gasteiger partial charge is 0.407 e. The second-order valence-electron chi connectivity index (χ2n) is 12.1. The van der Waals surface area contributed by atoms with Crippen LogP contribution in [0.2, 0.25) is 0 Å². The van der Waals surface area contributed by atoms with E-state index in [1.54, 1.807) is 0 Å². The highest BCUT2D eigenvalue weighted by Gasteiger charge is 2.38. The zero-order chi connectivity index (χ0) is 28.7. The molecule has 1 aliphatic carbocycles. The number of benzene rings is 2. The largest absolute Gasteiger partial charge is 0.444 e. The number of likely N-dealkylation sites (tertiary alicyclic amines) is 1. The summed E-state index contributed by atoms with van der Waals surface area (Å²) >= 11 is 0. The molecule has 0 radical (unpaired) electrons. The van der Waals surface area contributed by atoms with Crippen LogP contribution in [0.3, 0.4) is 0 Å². The molecule has 7 nitrogen and oxygen atoms in total. The van der Waals surface area contributed by atoms with Gasteiger partial charge in [-0.1, -0.05) is 42.5 Å². The fraction of sp³-hybridized carbons (Fsp3) is 0.485. The summed E-state index contributed by atoms with van der Waals surface area (Å²) in [7, 11) is 0. The summed E-state index contributed by atoms with van der Waals surface area (Å²) in [5, 5.41) is 5.96. The first-order valence-corrected chi connectivity index (χ1v) is 14.4. The van der Waals surface area contributed by atoms with E-state index in [2.05, 4.69) is 29.3 Å². The topological polar surface area (TPSA) is 87.7 Å². The van der Waals surface area contributed by atoms with Gasteiger partial charge >= 0.3 is 6.09 Å². The van der Waals surface area contributed by atoms with Crippen molar-refractivity contribution in [3.05, 3.63) is 83.4 Å². The van der Waals surface area contributed by atoms with Crippen LogP contribution >= 0.6 is 0 Å². The van der Waals surface area contributed by atoms with Crippen LogP contribution in [0.5, 0.6) is 0 Å². The molecule has 4 rings (SSSR count). The van der Waals surface area contributed by atoms with E-state index < -0.39 is 11.7 Å². The van der Waals surface area contributed by atoms with Crippen LogP contribution in [-0.2, 0) is 28.8 Å². The third kappa shape index (κ3) is 7.96. The second-order valence-corrected chi connectivity index (χ2v) is 12.1. The Hall–Kier alpha value is -3.61. The molecule has 3 atom stereocenters. The minimum absolute atomic E-state index is 0.0186. The molecule has 40 heavy (non-hydrogen) atoms. The first-order chi connectivity index (χ1) is 19.1. The van der Waals surface area contributed by atoms with Crippen LogP contribution in [0, 0.1) is 11.8 Å². The van der Waals surface area contributed by atoms with Gasteiger partial charge in [0.1, 0.15) is 5.60 Å². The molecule has 2 aromatic carbocycles. The van der Waals surface area contributed by atoms with Crippen molar-refractivity contribution in [2.75, 3.05) is 19.6 Å². The van der Waals surface area contributed by atoms with Crippen LogP contribution in [0.15, 0.2) is 61.2 Å². The van der Waals surface area contributed by atoms with Crippen molar-refractivity contribution in [2.45, 2.75) is 70.9 Å². The summed E-state index contributed by atoms with van der Waals surface area (Å²) in [4.78, 5) is 40.2. The monoisotopic (exact) mass is 545 g/mol. The van der Waals surface area contributed by atoms with Gasteiger partial charge in [-0.15, -0.1) is 6.58 Å². The molecule has 2 aromatic rings. The van der Waals surface area contributed by atoms with Gasteiger partial charge in [-0.25, -0.2) is 4.79 Å². The van der Waals surface area contributed by atoms with Crippen molar-refractivity contribution in [1.29, 1.82) is 0 Å². The summed E-state index contributed by atoms with van der Waals surface area (Å²) in [6.45, 7) is 11.0. The zero-order valence-corrected chi connectivity index (χ0v) is 24.1. The Morgan fingerprint density at radius 2 is 1.80 bits per heavy atom. The number of aryl methyl sites for hydroxylation is 1. The van der Waals surface area contributed by atoms with Crippen molar-refractivity contribution in [2.24, 2.45) is 11.8 Å². The molecular formula is C33H43N3O4. The molecule has 2 N–H and O–H groups in total. The predicted molar refractivity (Wildman–Crippen MR) is 157 cm³/mol. The highest BCUT2D eigenvalue weighted by Crippen LogP contribution is 2.29. The maximum absolute atomic E-state index is 13.1. The predicted octanol–water partition coefficient (Wildman–Crippen LogP) is 5.08. The number of rotatable bonds is 11. The summed E-state index contributed by atoms with van der Waals surface area (Å²) in [5.74, 6) is 0.247. The van der Waals surface area contributed by atoms with Crippen molar-refractivity contribution >= 4 is 17.9 Å². The number of carbonyl (C=O) groups is 3. The fourth-order valence-electron chi connectivity index (χ4n) is 5.80. The number of alkyl carbamates (subject to hydrolysis) is 1. The average Bonchev–Trinajstić information content (AvgIpc) is 3.46. The van der Waals surface area contributed by atoms with E-state index in [1.165, 1.54) is 11.1 Å². The highest BCUT2D eigenvalue weighted by molar-refractivity contribution is 5.94. The van der Waals surface area contributed by atoms with E-state index in [-0.39, 0.29) is 29.7 Å². The number of hydrogen-bond acceptors (Lipinski definition) is 4. The lowest BCUT2D eigenvalue weighted by atomic mass is 10.0. The van der Waals surface area contributed by atoms with E-state index in [0.717, 1.165) is 37.7 Å². The van der Waals surface area contributed by atoms with Crippen LogP contribution < -0.4 is 10.6 Å². The van der Waals surface area contributed by atoms with Gasteiger partial charge in [0.05, 0.1) is 0 Å². The number of fused-ring (bicyclic) bond motifs is 1. The summed E-state index contributed by atoms with van der Waals surface area (Å²) in [5.41, 5.74) is 3.73. The Morgan fingerprint density at radius 3 is 2.52 bits per heavy atom. The van der Waals surface area contributed by atoms with E-state index in [4.69, 9.17) is 4.74 Å². The molecule has 0 bridgehead atoms. The molecule has 0 spiro atoms. The van der Waals surface area contributed by atoms with Gasteiger partial charge in [-0.2, -0.15) is 0 Å². The molecule has 1 fully saturated rings. The quantitative estimate of drug-likeness (QED) is 0.386. The first kappa shape index (κ1) is 29.4. The minimum Gasteiger partial charge on any atom is -0.444 e. The molecule has 7 heteroatoms. The second kappa shape index (κ2) is 13.2. The maximum atomic E-state index is 13.1. The maximum Gasteiger partial charge on any atom is 0.407 e. The molecule has 2 aliphatic rings. The normalized spacial score (nSPS) is 20.2. The lowest BCUT2D eigenvalue weighted by molar-refractivity contribution is -0.132. The first-order valence-electron chi connectivity index (χ1n) is 14.4. The lowest BCUT2D eigenvalue weighted by Crippen LogP contribution is -2.42. The van der Waals surface area contributed by atoms with E-state index in [0.29, 0.717) is 31.6 Å². The summed E-state index contributed by atoms with van der Waals surface area (Å²) < 4.78 is 5.34.